The van der Waals surface area contributed by atoms with Gasteiger partial charge in [0, 0.05) is 5.41 Å². The summed E-state index contributed by atoms with van der Waals surface area (Å²) in [5.41, 5.74) is 0.141. The van der Waals surface area contributed by atoms with E-state index >= 15 is 0 Å². The van der Waals surface area contributed by atoms with Gasteiger partial charge in [0.2, 0.25) is 9.84 Å². The second kappa shape index (κ2) is 3.42. The van der Waals surface area contributed by atoms with Crippen LogP contribution in [0.1, 0.15) is 5.56 Å². The largest absolute Gasteiger partial charge is 0.219 e. The van der Waals surface area contributed by atoms with E-state index in [2.05, 4.69) is 6.58 Å². The third-order valence-electron chi connectivity index (χ3n) is 1.53. The first-order valence-corrected chi connectivity index (χ1v) is 5.03. The fraction of sp³-hybridized carbons (Fsp3) is 0. The molecule has 0 aliphatic heterocycles. The summed E-state index contributed by atoms with van der Waals surface area (Å²) in [4.78, 5) is 0.00694. The molecule has 0 unspecified atom stereocenters. The molecule has 0 spiro atoms. The van der Waals surface area contributed by atoms with Crippen LogP contribution in [-0.2, 0) is 9.84 Å². The van der Waals surface area contributed by atoms with E-state index in [9.17, 15) is 8.42 Å². The molecule has 0 saturated heterocycles. The Bertz CT molecular complexity index is 469. The first-order valence-electron chi connectivity index (χ1n) is 3.48. The third kappa shape index (κ3) is 1.76. The predicted molar refractivity (Wildman–Crippen MR) is 48.5 cm³/mol. The molecule has 0 atom stereocenters. The molecule has 1 rings (SSSR count). The molecule has 0 fully saturated rings. The average molecular weight is 193 g/mol. The molecule has 0 aromatic heterocycles. The monoisotopic (exact) mass is 193 g/mol. The van der Waals surface area contributed by atoms with E-state index in [0.29, 0.717) is 0 Å². The molecular formula is C9H7NO2S. The highest BCUT2D eigenvalue weighted by Crippen LogP contribution is 2.15. The van der Waals surface area contributed by atoms with Crippen LogP contribution in [0.2, 0.25) is 0 Å². The van der Waals surface area contributed by atoms with Crippen LogP contribution in [0.3, 0.4) is 0 Å². The Morgan fingerprint density at radius 1 is 1.38 bits per heavy atom. The van der Waals surface area contributed by atoms with Crippen LogP contribution in [-0.4, -0.2) is 8.42 Å². The number of hydrogen-bond donors (Lipinski definition) is 0. The van der Waals surface area contributed by atoms with Crippen molar-refractivity contribution in [2.45, 2.75) is 4.90 Å². The molecule has 0 aliphatic carbocycles. The molecule has 0 N–H and O–H groups in total. The maximum absolute atomic E-state index is 11.3. The van der Waals surface area contributed by atoms with Gasteiger partial charge in [0.05, 0.1) is 10.5 Å². The van der Waals surface area contributed by atoms with E-state index in [0.717, 1.165) is 5.41 Å². The van der Waals surface area contributed by atoms with Crippen molar-refractivity contribution < 1.29 is 8.42 Å². The van der Waals surface area contributed by atoms with Crippen molar-refractivity contribution in [2.75, 3.05) is 0 Å². The number of hydrogen-bond acceptors (Lipinski definition) is 3. The van der Waals surface area contributed by atoms with Gasteiger partial charge in [-0.25, -0.2) is 8.42 Å². The van der Waals surface area contributed by atoms with Crippen molar-refractivity contribution in [3.63, 3.8) is 0 Å². The van der Waals surface area contributed by atoms with Gasteiger partial charge in [-0.2, -0.15) is 5.26 Å². The van der Waals surface area contributed by atoms with Crippen LogP contribution in [0.15, 0.2) is 41.1 Å². The molecule has 0 aliphatic rings. The summed E-state index contributed by atoms with van der Waals surface area (Å²) in [6.07, 6.45) is 0. The highest BCUT2D eigenvalue weighted by molar-refractivity contribution is 7.94. The fourth-order valence-corrected chi connectivity index (χ4v) is 1.76. The molecule has 4 heteroatoms. The number of nitrogens with zero attached hydrogens (tertiary/aromatic N) is 1. The second-order valence-electron chi connectivity index (χ2n) is 2.32. The minimum Gasteiger partial charge on any atom is -0.219 e. The van der Waals surface area contributed by atoms with Gasteiger partial charge in [-0.15, -0.1) is 0 Å². The highest BCUT2D eigenvalue weighted by Gasteiger charge is 2.13. The van der Waals surface area contributed by atoms with Gasteiger partial charge in [-0.05, 0) is 12.1 Å². The molecule has 0 radical (unpaired) electrons. The Morgan fingerprint density at radius 2 is 2.00 bits per heavy atom. The summed E-state index contributed by atoms with van der Waals surface area (Å²) in [6.45, 7) is 3.19. The van der Waals surface area contributed by atoms with Gasteiger partial charge in [0.25, 0.3) is 0 Å². The highest BCUT2D eigenvalue weighted by atomic mass is 32.2. The van der Waals surface area contributed by atoms with E-state index in [1.165, 1.54) is 12.1 Å². The van der Waals surface area contributed by atoms with Gasteiger partial charge in [-0.1, -0.05) is 18.7 Å². The van der Waals surface area contributed by atoms with Crippen LogP contribution < -0.4 is 0 Å². The predicted octanol–water partition coefficient (Wildman–Crippen LogP) is 1.48. The molecule has 66 valence electrons. The SMILES string of the molecule is C=CS(=O)(=O)c1ccccc1C#N. The van der Waals surface area contributed by atoms with Gasteiger partial charge in [0.1, 0.15) is 6.07 Å². The lowest BCUT2D eigenvalue weighted by Gasteiger charge is -1.99. The molecule has 13 heavy (non-hydrogen) atoms. The lowest BCUT2D eigenvalue weighted by Crippen LogP contribution is -1.98. The Balaban J connectivity index is 3.49. The maximum atomic E-state index is 11.3. The summed E-state index contributed by atoms with van der Waals surface area (Å²) in [7, 11) is -3.50. The summed E-state index contributed by atoms with van der Waals surface area (Å²) < 4.78 is 22.6. The van der Waals surface area contributed by atoms with Gasteiger partial charge in [-0.3, -0.25) is 0 Å². The molecule has 1 aromatic carbocycles. The van der Waals surface area contributed by atoms with Crippen molar-refractivity contribution in [1.29, 1.82) is 5.26 Å². The van der Waals surface area contributed by atoms with Crippen LogP contribution in [0.4, 0.5) is 0 Å². The molecule has 0 heterocycles. The number of rotatable bonds is 2. The minimum absolute atomic E-state index is 0.00694. The topological polar surface area (TPSA) is 57.9 Å². The number of nitriles is 1. The lowest BCUT2D eigenvalue weighted by atomic mass is 10.2. The van der Waals surface area contributed by atoms with Gasteiger partial charge >= 0.3 is 0 Å². The van der Waals surface area contributed by atoms with Gasteiger partial charge < -0.3 is 0 Å². The summed E-state index contributed by atoms with van der Waals surface area (Å²) in [6, 6.07) is 7.83. The Hall–Kier alpha value is -1.60. The Kier molecular flexibility index (Phi) is 2.49. The molecule has 3 nitrogen and oxygen atoms in total. The maximum Gasteiger partial charge on any atom is 0.200 e. The van der Waals surface area contributed by atoms with E-state index in [-0.39, 0.29) is 10.5 Å². The molecular weight excluding hydrogens is 186 g/mol. The first kappa shape index (κ1) is 9.49. The number of benzene rings is 1. The quantitative estimate of drug-likeness (QED) is 0.714. The Labute approximate surface area is 76.9 Å². The zero-order chi connectivity index (χ0) is 9.90. The van der Waals surface area contributed by atoms with Crippen LogP contribution in [0, 0.1) is 11.3 Å². The normalized spacial score (nSPS) is 10.4. The summed E-state index contributed by atoms with van der Waals surface area (Å²) >= 11 is 0. The van der Waals surface area contributed by atoms with Gasteiger partial charge in [0.15, 0.2) is 0 Å². The molecule has 0 saturated carbocycles. The fourth-order valence-electron chi connectivity index (χ4n) is 0.897. The van der Waals surface area contributed by atoms with Crippen molar-refractivity contribution in [3.8, 4) is 6.07 Å². The third-order valence-corrected chi connectivity index (χ3v) is 2.94. The average Bonchev–Trinajstić information content (AvgIpc) is 2.18. The summed E-state index contributed by atoms with van der Waals surface area (Å²) in [5, 5.41) is 9.47. The zero-order valence-corrected chi connectivity index (χ0v) is 7.58. The summed E-state index contributed by atoms with van der Waals surface area (Å²) in [5.74, 6) is 0. The smallest absolute Gasteiger partial charge is 0.200 e. The van der Waals surface area contributed by atoms with Crippen LogP contribution >= 0.6 is 0 Å². The van der Waals surface area contributed by atoms with Crippen molar-refractivity contribution in [1.82, 2.24) is 0 Å². The minimum atomic E-state index is -3.50. The van der Waals surface area contributed by atoms with Crippen LogP contribution in [0.5, 0.6) is 0 Å². The lowest BCUT2D eigenvalue weighted by molar-refractivity contribution is 0.604. The van der Waals surface area contributed by atoms with Crippen molar-refractivity contribution in [2.24, 2.45) is 0 Å². The van der Waals surface area contributed by atoms with E-state index in [4.69, 9.17) is 5.26 Å². The molecule has 0 bridgehead atoms. The first-order chi connectivity index (χ1) is 6.11. The van der Waals surface area contributed by atoms with E-state index < -0.39 is 9.84 Å². The Morgan fingerprint density at radius 3 is 2.54 bits per heavy atom. The molecule has 1 aromatic rings. The van der Waals surface area contributed by atoms with E-state index in [1.807, 2.05) is 6.07 Å². The van der Waals surface area contributed by atoms with Crippen molar-refractivity contribution in [3.05, 3.63) is 41.8 Å². The van der Waals surface area contributed by atoms with Crippen molar-refractivity contribution >= 4 is 9.84 Å². The zero-order valence-electron chi connectivity index (χ0n) is 6.77. The van der Waals surface area contributed by atoms with E-state index in [1.54, 1.807) is 12.1 Å². The standard InChI is InChI=1S/C9H7NO2S/c1-2-13(11,12)9-6-4-3-5-8(9)7-10/h2-6H,1H2. The second-order valence-corrected chi connectivity index (χ2v) is 4.18. The van der Waals surface area contributed by atoms with Crippen LogP contribution in [0.25, 0.3) is 0 Å². The molecule has 0 amide bonds. The number of sulfone groups is 1.